The number of anilines is 1. The summed E-state index contributed by atoms with van der Waals surface area (Å²) in [7, 11) is 0. The summed E-state index contributed by atoms with van der Waals surface area (Å²) >= 11 is 15.1. The standard InChI is InChI=1S/C10H8BrCl2NO2/c1-5(10(15)16)4-14-9-7(12)2-6(11)3-8(9)13/h2-3,14H,1,4H2,(H,15,16). The molecule has 16 heavy (non-hydrogen) atoms. The predicted molar refractivity (Wildman–Crippen MR) is 69.4 cm³/mol. The Labute approximate surface area is 111 Å². The van der Waals surface area contributed by atoms with Crippen LogP contribution in [0.25, 0.3) is 0 Å². The Morgan fingerprint density at radius 3 is 2.38 bits per heavy atom. The van der Waals surface area contributed by atoms with Gasteiger partial charge in [-0.05, 0) is 12.1 Å². The lowest BCUT2D eigenvalue weighted by Gasteiger charge is -2.10. The van der Waals surface area contributed by atoms with E-state index in [2.05, 4.69) is 27.8 Å². The first-order chi connectivity index (χ1) is 7.41. The summed E-state index contributed by atoms with van der Waals surface area (Å²) < 4.78 is 0.755. The van der Waals surface area contributed by atoms with E-state index in [1.807, 2.05) is 0 Å². The lowest BCUT2D eigenvalue weighted by Crippen LogP contribution is -2.11. The molecule has 0 atom stereocenters. The van der Waals surface area contributed by atoms with Crippen LogP contribution in [0.4, 0.5) is 5.69 Å². The molecular formula is C10H8BrCl2NO2. The second kappa shape index (κ2) is 5.57. The van der Waals surface area contributed by atoms with Crippen LogP contribution in [0.1, 0.15) is 0 Å². The summed E-state index contributed by atoms with van der Waals surface area (Å²) in [5, 5.41) is 12.3. The van der Waals surface area contributed by atoms with Gasteiger partial charge in [0.1, 0.15) is 0 Å². The van der Waals surface area contributed by atoms with Gasteiger partial charge in [-0.25, -0.2) is 4.79 Å². The van der Waals surface area contributed by atoms with Crippen LogP contribution in [0, 0.1) is 0 Å². The minimum absolute atomic E-state index is 0.0371. The molecule has 86 valence electrons. The molecule has 0 aromatic heterocycles. The molecule has 0 heterocycles. The summed E-state index contributed by atoms with van der Waals surface area (Å²) in [6.07, 6.45) is 0. The second-order valence-electron chi connectivity index (χ2n) is 3.01. The second-order valence-corrected chi connectivity index (χ2v) is 4.74. The molecule has 0 bridgehead atoms. The van der Waals surface area contributed by atoms with Gasteiger partial charge in [-0.1, -0.05) is 45.7 Å². The number of hydrogen-bond donors (Lipinski definition) is 2. The average molecular weight is 325 g/mol. The topological polar surface area (TPSA) is 49.3 Å². The number of aliphatic carboxylic acids is 1. The molecule has 0 saturated heterocycles. The fourth-order valence-corrected chi connectivity index (χ4v) is 2.32. The first-order valence-electron chi connectivity index (χ1n) is 4.21. The highest BCUT2D eigenvalue weighted by Gasteiger charge is 2.09. The number of carbonyl (C=O) groups is 1. The van der Waals surface area contributed by atoms with Gasteiger partial charge in [-0.3, -0.25) is 0 Å². The third-order valence-electron chi connectivity index (χ3n) is 1.79. The van der Waals surface area contributed by atoms with Crippen LogP contribution in [0.15, 0.2) is 28.8 Å². The van der Waals surface area contributed by atoms with Gasteiger partial charge in [0.05, 0.1) is 15.7 Å². The third-order valence-corrected chi connectivity index (χ3v) is 2.84. The molecule has 3 nitrogen and oxygen atoms in total. The van der Waals surface area contributed by atoms with Crippen LogP contribution < -0.4 is 5.32 Å². The van der Waals surface area contributed by atoms with Gasteiger partial charge >= 0.3 is 5.97 Å². The Hall–Kier alpha value is -0.710. The quantitative estimate of drug-likeness (QED) is 0.828. The van der Waals surface area contributed by atoms with E-state index in [9.17, 15) is 4.79 Å². The fraction of sp³-hybridized carbons (Fsp3) is 0.100. The maximum atomic E-state index is 10.5. The molecule has 0 amide bonds. The number of rotatable bonds is 4. The molecule has 0 unspecified atom stereocenters. The average Bonchev–Trinajstić information content (AvgIpc) is 2.15. The van der Waals surface area contributed by atoms with E-state index in [4.69, 9.17) is 28.3 Å². The summed E-state index contributed by atoms with van der Waals surface area (Å²) in [6.45, 7) is 3.47. The molecule has 0 aliphatic carbocycles. The number of carboxylic acid groups (broad SMARTS) is 1. The van der Waals surface area contributed by atoms with Gasteiger partial charge < -0.3 is 10.4 Å². The van der Waals surface area contributed by atoms with Gasteiger partial charge in [0.2, 0.25) is 0 Å². The lowest BCUT2D eigenvalue weighted by atomic mass is 10.2. The van der Waals surface area contributed by atoms with Crippen LogP contribution in [0.2, 0.25) is 10.0 Å². The highest BCUT2D eigenvalue weighted by atomic mass is 79.9. The van der Waals surface area contributed by atoms with Gasteiger partial charge in [-0.2, -0.15) is 0 Å². The number of hydrogen-bond acceptors (Lipinski definition) is 2. The molecule has 0 fully saturated rings. The normalized spacial score (nSPS) is 9.94. The fourth-order valence-electron chi connectivity index (χ4n) is 0.982. The SMILES string of the molecule is C=C(CNc1c(Cl)cc(Br)cc1Cl)C(=O)O. The van der Waals surface area contributed by atoms with Crippen molar-refractivity contribution in [2.24, 2.45) is 0 Å². The van der Waals surface area contributed by atoms with Crippen molar-refractivity contribution in [2.45, 2.75) is 0 Å². The Morgan fingerprint density at radius 1 is 1.44 bits per heavy atom. The van der Waals surface area contributed by atoms with Gasteiger partial charge in [0.15, 0.2) is 0 Å². The maximum Gasteiger partial charge on any atom is 0.332 e. The van der Waals surface area contributed by atoms with E-state index in [1.54, 1.807) is 12.1 Å². The smallest absolute Gasteiger partial charge is 0.332 e. The van der Waals surface area contributed by atoms with Crippen LogP contribution in [0.3, 0.4) is 0 Å². The van der Waals surface area contributed by atoms with Gasteiger partial charge in [0, 0.05) is 16.6 Å². The lowest BCUT2D eigenvalue weighted by molar-refractivity contribution is -0.132. The molecule has 0 saturated carbocycles. The maximum absolute atomic E-state index is 10.5. The number of benzene rings is 1. The molecule has 0 radical (unpaired) electrons. The van der Waals surface area contributed by atoms with Gasteiger partial charge in [-0.15, -0.1) is 0 Å². The van der Waals surface area contributed by atoms with Crippen LogP contribution in [0.5, 0.6) is 0 Å². The Balaban J connectivity index is 2.82. The van der Waals surface area contributed by atoms with Crippen molar-refractivity contribution in [3.05, 3.63) is 38.8 Å². The first kappa shape index (κ1) is 13.4. The summed E-state index contributed by atoms with van der Waals surface area (Å²) in [5.74, 6) is -1.06. The Bertz CT molecular complexity index is 425. The van der Waals surface area contributed by atoms with Crippen LogP contribution >= 0.6 is 39.1 Å². The van der Waals surface area contributed by atoms with E-state index in [-0.39, 0.29) is 12.1 Å². The number of nitrogens with one attached hydrogen (secondary N) is 1. The zero-order valence-electron chi connectivity index (χ0n) is 8.06. The number of carboxylic acids is 1. The third kappa shape index (κ3) is 3.40. The molecule has 1 rings (SSSR count). The molecular weight excluding hydrogens is 317 g/mol. The zero-order chi connectivity index (χ0) is 12.3. The number of halogens is 3. The predicted octanol–water partition coefficient (Wildman–Crippen LogP) is 3.81. The summed E-state index contributed by atoms with van der Waals surface area (Å²) in [6, 6.07) is 3.33. The highest BCUT2D eigenvalue weighted by Crippen LogP contribution is 2.33. The van der Waals surface area contributed by atoms with E-state index >= 15 is 0 Å². The molecule has 2 N–H and O–H groups in total. The van der Waals surface area contributed by atoms with Crippen molar-refractivity contribution in [1.29, 1.82) is 0 Å². The summed E-state index contributed by atoms with van der Waals surface area (Å²) in [5.41, 5.74) is 0.531. The Morgan fingerprint density at radius 2 is 1.94 bits per heavy atom. The van der Waals surface area contributed by atoms with Crippen LogP contribution in [-0.2, 0) is 4.79 Å². The van der Waals surface area contributed by atoms with Crippen molar-refractivity contribution in [2.75, 3.05) is 11.9 Å². The molecule has 0 aliphatic heterocycles. The minimum Gasteiger partial charge on any atom is -0.478 e. The summed E-state index contributed by atoms with van der Waals surface area (Å²) in [4.78, 5) is 10.5. The van der Waals surface area contributed by atoms with E-state index < -0.39 is 5.97 Å². The largest absolute Gasteiger partial charge is 0.478 e. The highest BCUT2D eigenvalue weighted by molar-refractivity contribution is 9.10. The zero-order valence-corrected chi connectivity index (χ0v) is 11.2. The Kier molecular flexibility index (Phi) is 4.65. The van der Waals surface area contributed by atoms with Crippen molar-refractivity contribution in [1.82, 2.24) is 0 Å². The van der Waals surface area contributed by atoms with Gasteiger partial charge in [0.25, 0.3) is 0 Å². The minimum atomic E-state index is -1.06. The van der Waals surface area contributed by atoms with Crippen molar-refractivity contribution >= 4 is 50.8 Å². The molecule has 1 aromatic carbocycles. The van der Waals surface area contributed by atoms with Crippen LogP contribution in [-0.4, -0.2) is 17.6 Å². The molecule has 0 aliphatic rings. The first-order valence-corrected chi connectivity index (χ1v) is 5.76. The van der Waals surface area contributed by atoms with Crippen molar-refractivity contribution in [3.63, 3.8) is 0 Å². The van der Waals surface area contributed by atoms with E-state index in [0.29, 0.717) is 15.7 Å². The molecule has 6 heteroatoms. The van der Waals surface area contributed by atoms with Crippen molar-refractivity contribution in [3.8, 4) is 0 Å². The monoisotopic (exact) mass is 323 g/mol. The van der Waals surface area contributed by atoms with Crippen molar-refractivity contribution < 1.29 is 9.90 Å². The molecule has 0 spiro atoms. The van der Waals surface area contributed by atoms with E-state index in [1.165, 1.54) is 0 Å². The van der Waals surface area contributed by atoms with E-state index in [0.717, 1.165) is 4.47 Å². The molecule has 1 aromatic rings.